The van der Waals surface area contributed by atoms with Gasteiger partial charge in [0.2, 0.25) is 0 Å². The number of aryl methyl sites for hydroxylation is 1. The van der Waals surface area contributed by atoms with Crippen LogP contribution >= 0.6 is 11.3 Å². The molecule has 0 aliphatic heterocycles. The first kappa shape index (κ1) is 19.9. The molecule has 0 fully saturated rings. The monoisotopic (exact) mass is 395 g/mol. The molecule has 3 aromatic rings. The van der Waals surface area contributed by atoms with Crippen molar-refractivity contribution in [2.24, 2.45) is 0 Å². The molecule has 3 rings (SSSR count). The largest absolute Gasteiger partial charge is 0.355 e. The quantitative estimate of drug-likeness (QED) is 0.689. The van der Waals surface area contributed by atoms with E-state index in [1.54, 1.807) is 42.5 Å². The van der Waals surface area contributed by atoms with Gasteiger partial charge in [-0.2, -0.15) is 0 Å². The van der Waals surface area contributed by atoms with Crippen LogP contribution in [0.25, 0.3) is 0 Å². The van der Waals surface area contributed by atoms with Crippen LogP contribution in [-0.2, 0) is 13.1 Å². The average molecular weight is 396 g/mol. The molecule has 2 amide bonds. The van der Waals surface area contributed by atoms with Crippen LogP contribution < -0.4 is 5.32 Å². The van der Waals surface area contributed by atoms with Gasteiger partial charge in [-0.25, -0.2) is 0 Å². The fourth-order valence-electron chi connectivity index (χ4n) is 3.28. The standard InChI is InChI=1S/C22H25N3O2S/c1-15-12-20(16(2)25(15)14-19-6-5-11-28-19)22(27)24(4)13-17-7-9-18(10-8-17)21(26)23-3/h5-12H,13-14H2,1-4H3,(H,23,26). The third-order valence-electron chi connectivity index (χ3n) is 4.91. The van der Waals surface area contributed by atoms with Crippen molar-refractivity contribution in [2.45, 2.75) is 26.9 Å². The van der Waals surface area contributed by atoms with Gasteiger partial charge in [-0.15, -0.1) is 11.3 Å². The third kappa shape index (κ3) is 4.17. The molecule has 6 heteroatoms. The first-order valence-corrected chi connectivity index (χ1v) is 10.0. The summed E-state index contributed by atoms with van der Waals surface area (Å²) in [4.78, 5) is 27.6. The molecule has 5 nitrogen and oxygen atoms in total. The Balaban J connectivity index is 1.73. The molecule has 2 aromatic heterocycles. The van der Waals surface area contributed by atoms with Gasteiger partial charge in [-0.05, 0) is 49.1 Å². The molecule has 0 aliphatic carbocycles. The summed E-state index contributed by atoms with van der Waals surface area (Å²) in [7, 11) is 3.41. The number of hydrogen-bond donors (Lipinski definition) is 1. The number of hydrogen-bond acceptors (Lipinski definition) is 3. The van der Waals surface area contributed by atoms with Crippen LogP contribution in [0.5, 0.6) is 0 Å². The number of carbonyl (C=O) groups excluding carboxylic acids is 2. The van der Waals surface area contributed by atoms with Gasteiger partial charge < -0.3 is 14.8 Å². The summed E-state index contributed by atoms with van der Waals surface area (Å²) >= 11 is 1.72. The third-order valence-corrected chi connectivity index (χ3v) is 5.77. The van der Waals surface area contributed by atoms with Crippen molar-refractivity contribution in [1.29, 1.82) is 0 Å². The Morgan fingerprint density at radius 1 is 1.14 bits per heavy atom. The van der Waals surface area contributed by atoms with Crippen LogP contribution in [0.3, 0.4) is 0 Å². The van der Waals surface area contributed by atoms with Gasteiger partial charge in [0.1, 0.15) is 0 Å². The smallest absolute Gasteiger partial charge is 0.255 e. The number of rotatable bonds is 6. The Bertz CT molecular complexity index is 972. The fraction of sp³-hybridized carbons (Fsp3) is 0.273. The van der Waals surface area contributed by atoms with Crippen molar-refractivity contribution in [3.63, 3.8) is 0 Å². The minimum atomic E-state index is -0.117. The molecule has 0 saturated carbocycles. The molecule has 1 aromatic carbocycles. The summed E-state index contributed by atoms with van der Waals surface area (Å²) in [5, 5.41) is 4.67. The molecule has 0 aliphatic rings. The Kier molecular flexibility index (Phi) is 5.99. The molecule has 0 unspecified atom stereocenters. The zero-order chi connectivity index (χ0) is 20.3. The van der Waals surface area contributed by atoms with Crippen LogP contribution in [0.2, 0.25) is 0 Å². The maximum Gasteiger partial charge on any atom is 0.255 e. The molecule has 0 spiro atoms. The van der Waals surface area contributed by atoms with Gasteiger partial charge in [-0.3, -0.25) is 9.59 Å². The van der Waals surface area contributed by atoms with Crippen LogP contribution in [0.1, 0.15) is 42.5 Å². The highest BCUT2D eigenvalue weighted by molar-refractivity contribution is 7.09. The number of nitrogens with one attached hydrogen (secondary N) is 1. The number of nitrogens with zero attached hydrogens (tertiary/aromatic N) is 2. The van der Waals surface area contributed by atoms with Crippen molar-refractivity contribution in [1.82, 2.24) is 14.8 Å². The summed E-state index contributed by atoms with van der Waals surface area (Å²) < 4.78 is 2.19. The molecule has 0 saturated heterocycles. The lowest BCUT2D eigenvalue weighted by molar-refractivity contribution is 0.0783. The Morgan fingerprint density at radius 2 is 1.86 bits per heavy atom. The van der Waals surface area contributed by atoms with E-state index in [4.69, 9.17) is 0 Å². The SMILES string of the molecule is CNC(=O)c1ccc(CN(C)C(=O)c2cc(C)n(Cc3cccs3)c2C)cc1. The Labute approximate surface area is 169 Å². The van der Waals surface area contributed by atoms with E-state index >= 15 is 0 Å². The molecule has 28 heavy (non-hydrogen) atoms. The predicted octanol–water partition coefficient (Wildman–Crippen LogP) is 3.85. The van der Waals surface area contributed by atoms with Crippen LogP contribution in [-0.4, -0.2) is 35.4 Å². The zero-order valence-electron chi connectivity index (χ0n) is 16.7. The maximum absolute atomic E-state index is 13.0. The van der Waals surface area contributed by atoms with E-state index in [1.807, 2.05) is 38.1 Å². The molecule has 2 heterocycles. The topological polar surface area (TPSA) is 54.3 Å². The van der Waals surface area contributed by atoms with Crippen molar-refractivity contribution in [3.8, 4) is 0 Å². The summed E-state index contributed by atoms with van der Waals surface area (Å²) in [5.41, 5.74) is 4.39. The highest BCUT2D eigenvalue weighted by Crippen LogP contribution is 2.21. The van der Waals surface area contributed by atoms with Crippen molar-refractivity contribution >= 4 is 23.2 Å². The second-order valence-corrected chi connectivity index (χ2v) is 7.92. The van der Waals surface area contributed by atoms with E-state index < -0.39 is 0 Å². The van der Waals surface area contributed by atoms with Gasteiger partial charge in [-0.1, -0.05) is 18.2 Å². The van der Waals surface area contributed by atoms with E-state index in [0.29, 0.717) is 12.1 Å². The van der Waals surface area contributed by atoms with Crippen molar-refractivity contribution in [3.05, 3.63) is 80.8 Å². The van der Waals surface area contributed by atoms with Crippen LogP contribution in [0, 0.1) is 13.8 Å². The maximum atomic E-state index is 13.0. The number of carbonyl (C=O) groups is 2. The number of benzene rings is 1. The lowest BCUT2D eigenvalue weighted by atomic mass is 10.1. The van der Waals surface area contributed by atoms with Gasteiger partial charge in [0, 0.05) is 42.5 Å². The minimum Gasteiger partial charge on any atom is -0.355 e. The molecular weight excluding hydrogens is 370 g/mol. The van der Waals surface area contributed by atoms with Crippen molar-refractivity contribution in [2.75, 3.05) is 14.1 Å². The molecule has 0 atom stereocenters. The lowest BCUT2D eigenvalue weighted by Crippen LogP contribution is -2.26. The first-order valence-electron chi connectivity index (χ1n) is 9.16. The highest BCUT2D eigenvalue weighted by Gasteiger charge is 2.19. The van der Waals surface area contributed by atoms with Gasteiger partial charge >= 0.3 is 0 Å². The molecular formula is C22H25N3O2S. The predicted molar refractivity (Wildman–Crippen MR) is 113 cm³/mol. The normalized spacial score (nSPS) is 10.7. The number of amides is 2. The molecule has 0 radical (unpaired) electrons. The summed E-state index contributed by atoms with van der Waals surface area (Å²) in [6, 6.07) is 13.4. The zero-order valence-corrected chi connectivity index (χ0v) is 17.5. The van der Waals surface area contributed by atoms with Gasteiger partial charge in [0.25, 0.3) is 11.8 Å². The summed E-state index contributed by atoms with van der Waals surface area (Å²) in [5.74, 6) is -0.116. The van der Waals surface area contributed by atoms with Gasteiger partial charge in [0.05, 0.1) is 12.1 Å². The van der Waals surface area contributed by atoms with Gasteiger partial charge in [0.15, 0.2) is 0 Å². The average Bonchev–Trinajstić information content (AvgIpc) is 3.31. The lowest BCUT2D eigenvalue weighted by Gasteiger charge is -2.18. The van der Waals surface area contributed by atoms with E-state index in [9.17, 15) is 9.59 Å². The molecule has 1 N–H and O–H groups in total. The Morgan fingerprint density at radius 3 is 2.46 bits per heavy atom. The van der Waals surface area contributed by atoms with E-state index in [-0.39, 0.29) is 11.8 Å². The summed E-state index contributed by atoms with van der Waals surface area (Å²) in [6.45, 7) is 5.31. The van der Waals surface area contributed by atoms with Crippen molar-refractivity contribution < 1.29 is 9.59 Å². The second-order valence-electron chi connectivity index (χ2n) is 6.89. The summed E-state index contributed by atoms with van der Waals surface area (Å²) in [6.07, 6.45) is 0. The second kappa shape index (κ2) is 8.44. The molecule has 0 bridgehead atoms. The van der Waals surface area contributed by atoms with E-state index in [1.165, 1.54) is 4.88 Å². The van der Waals surface area contributed by atoms with Crippen LogP contribution in [0.4, 0.5) is 0 Å². The fourth-order valence-corrected chi connectivity index (χ4v) is 3.97. The number of aromatic nitrogens is 1. The first-order chi connectivity index (χ1) is 13.4. The molecule has 146 valence electrons. The Hall–Kier alpha value is -2.86. The minimum absolute atomic E-state index is 0.000840. The highest BCUT2D eigenvalue weighted by atomic mass is 32.1. The van der Waals surface area contributed by atoms with E-state index in [0.717, 1.165) is 29.1 Å². The number of thiophene rings is 1. The van der Waals surface area contributed by atoms with Crippen LogP contribution in [0.15, 0.2) is 47.8 Å². The van der Waals surface area contributed by atoms with E-state index in [2.05, 4.69) is 21.3 Å².